The molecule has 2 rings (SSSR count). The summed E-state index contributed by atoms with van der Waals surface area (Å²) in [4.78, 5) is 9.07. The number of rotatable bonds is 4. The molecule has 0 aliphatic carbocycles. The third kappa shape index (κ3) is 2.93. The van der Waals surface area contributed by atoms with E-state index in [0.29, 0.717) is 6.61 Å². The minimum absolute atomic E-state index is 0.292. The van der Waals surface area contributed by atoms with E-state index < -0.39 is 0 Å². The molecule has 1 saturated heterocycles. The van der Waals surface area contributed by atoms with E-state index >= 15 is 0 Å². The maximum absolute atomic E-state index is 8.78. The lowest BCUT2D eigenvalue weighted by Gasteiger charge is -2.35. The molecule has 1 aromatic rings. The monoisotopic (exact) mass is 221 g/mol. The van der Waals surface area contributed by atoms with Crippen molar-refractivity contribution in [3.05, 3.63) is 24.4 Å². The minimum Gasteiger partial charge on any atom is -0.396 e. The van der Waals surface area contributed by atoms with Gasteiger partial charge in [-0.2, -0.15) is 0 Å². The number of aliphatic hydroxyl groups excluding tert-OH is 1. The summed E-state index contributed by atoms with van der Waals surface area (Å²) in [5, 5.41) is 8.78. The average Bonchev–Trinajstić information content (AvgIpc) is 2.38. The normalized spacial score (nSPS) is 17.7. The van der Waals surface area contributed by atoms with Crippen molar-refractivity contribution < 1.29 is 5.11 Å². The highest BCUT2D eigenvalue weighted by molar-refractivity contribution is 5.38. The first-order valence-corrected chi connectivity index (χ1v) is 5.89. The Bertz CT molecular complexity index is 296. The molecule has 0 bridgehead atoms. The number of piperazine rings is 1. The SMILES string of the molecule is OCCCN1CCN(c2ccccn2)CC1. The van der Waals surface area contributed by atoms with Crippen LogP contribution in [0.2, 0.25) is 0 Å². The Balaban J connectivity index is 1.81. The lowest BCUT2D eigenvalue weighted by atomic mass is 10.3. The predicted molar refractivity (Wildman–Crippen MR) is 64.6 cm³/mol. The summed E-state index contributed by atoms with van der Waals surface area (Å²) in [6.45, 7) is 5.49. The highest BCUT2D eigenvalue weighted by Crippen LogP contribution is 2.12. The Hall–Kier alpha value is -1.13. The highest BCUT2D eigenvalue weighted by Gasteiger charge is 2.16. The molecule has 0 spiro atoms. The van der Waals surface area contributed by atoms with Crippen LogP contribution in [0.3, 0.4) is 0 Å². The third-order valence-corrected chi connectivity index (χ3v) is 2.98. The van der Waals surface area contributed by atoms with Crippen molar-refractivity contribution in [3.8, 4) is 0 Å². The van der Waals surface area contributed by atoms with E-state index in [9.17, 15) is 0 Å². The van der Waals surface area contributed by atoms with Gasteiger partial charge in [0, 0.05) is 45.5 Å². The molecule has 0 atom stereocenters. The van der Waals surface area contributed by atoms with Crippen LogP contribution in [-0.4, -0.2) is 54.3 Å². The molecular formula is C12H19N3O. The van der Waals surface area contributed by atoms with E-state index in [-0.39, 0.29) is 0 Å². The van der Waals surface area contributed by atoms with Crippen LogP contribution in [0.5, 0.6) is 0 Å². The maximum Gasteiger partial charge on any atom is 0.128 e. The first-order valence-electron chi connectivity index (χ1n) is 5.89. The molecule has 88 valence electrons. The van der Waals surface area contributed by atoms with E-state index in [2.05, 4.69) is 20.9 Å². The molecule has 0 radical (unpaired) electrons. The van der Waals surface area contributed by atoms with Gasteiger partial charge in [-0.15, -0.1) is 0 Å². The molecule has 16 heavy (non-hydrogen) atoms. The van der Waals surface area contributed by atoms with Gasteiger partial charge in [-0.1, -0.05) is 6.07 Å². The Morgan fingerprint density at radius 1 is 1.19 bits per heavy atom. The Morgan fingerprint density at radius 2 is 2.00 bits per heavy atom. The van der Waals surface area contributed by atoms with Crippen LogP contribution in [-0.2, 0) is 0 Å². The van der Waals surface area contributed by atoms with Gasteiger partial charge < -0.3 is 10.0 Å². The second-order valence-electron chi connectivity index (χ2n) is 4.09. The summed E-state index contributed by atoms with van der Waals surface area (Å²) in [6.07, 6.45) is 2.72. The van der Waals surface area contributed by atoms with E-state index in [1.807, 2.05) is 18.3 Å². The van der Waals surface area contributed by atoms with Crippen molar-refractivity contribution in [2.24, 2.45) is 0 Å². The van der Waals surface area contributed by atoms with Gasteiger partial charge in [0.2, 0.25) is 0 Å². The zero-order valence-corrected chi connectivity index (χ0v) is 9.55. The zero-order chi connectivity index (χ0) is 11.2. The van der Waals surface area contributed by atoms with Crippen LogP contribution in [0.15, 0.2) is 24.4 Å². The number of anilines is 1. The van der Waals surface area contributed by atoms with Crippen molar-refractivity contribution >= 4 is 5.82 Å². The summed E-state index contributed by atoms with van der Waals surface area (Å²) in [7, 11) is 0. The van der Waals surface area contributed by atoms with Gasteiger partial charge >= 0.3 is 0 Å². The van der Waals surface area contributed by atoms with Gasteiger partial charge in [0.05, 0.1) is 0 Å². The molecule has 0 aromatic carbocycles. The van der Waals surface area contributed by atoms with Crippen molar-refractivity contribution in [1.82, 2.24) is 9.88 Å². The van der Waals surface area contributed by atoms with Crippen LogP contribution < -0.4 is 4.90 Å². The fourth-order valence-electron chi connectivity index (χ4n) is 2.04. The van der Waals surface area contributed by atoms with Crippen LogP contribution in [0.1, 0.15) is 6.42 Å². The molecule has 1 aliphatic heterocycles. The summed E-state index contributed by atoms with van der Waals surface area (Å²) in [5.74, 6) is 1.07. The topological polar surface area (TPSA) is 39.6 Å². The first kappa shape index (κ1) is 11.4. The highest BCUT2D eigenvalue weighted by atomic mass is 16.3. The molecule has 2 heterocycles. The van der Waals surface area contributed by atoms with E-state index in [1.165, 1.54) is 0 Å². The molecule has 4 nitrogen and oxygen atoms in total. The number of aromatic nitrogens is 1. The van der Waals surface area contributed by atoms with E-state index in [4.69, 9.17) is 5.11 Å². The molecular weight excluding hydrogens is 202 g/mol. The third-order valence-electron chi connectivity index (χ3n) is 2.98. The average molecular weight is 221 g/mol. The Morgan fingerprint density at radius 3 is 2.62 bits per heavy atom. The van der Waals surface area contributed by atoms with Crippen LogP contribution in [0.25, 0.3) is 0 Å². The number of nitrogens with zero attached hydrogens (tertiary/aromatic N) is 3. The minimum atomic E-state index is 0.292. The van der Waals surface area contributed by atoms with Crippen LogP contribution in [0, 0.1) is 0 Å². The summed E-state index contributed by atoms with van der Waals surface area (Å²) in [5.41, 5.74) is 0. The summed E-state index contributed by atoms with van der Waals surface area (Å²) < 4.78 is 0. The quantitative estimate of drug-likeness (QED) is 0.807. The molecule has 4 heteroatoms. The van der Waals surface area contributed by atoms with Crippen molar-refractivity contribution in [2.45, 2.75) is 6.42 Å². The van der Waals surface area contributed by atoms with Gasteiger partial charge in [-0.05, 0) is 18.6 Å². The molecule has 1 aliphatic rings. The van der Waals surface area contributed by atoms with Gasteiger partial charge in [0.25, 0.3) is 0 Å². The number of aliphatic hydroxyl groups is 1. The Labute approximate surface area is 96.5 Å². The molecule has 0 amide bonds. The first-order chi connectivity index (χ1) is 7.90. The number of pyridine rings is 1. The fraction of sp³-hybridized carbons (Fsp3) is 0.583. The fourth-order valence-corrected chi connectivity index (χ4v) is 2.04. The Kier molecular flexibility index (Phi) is 4.13. The second-order valence-corrected chi connectivity index (χ2v) is 4.09. The molecule has 1 aromatic heterocycles. The van der Waals surface area contributed by atoms with Gasteiger partial charge in [-0.25, -0.2) is 4.98 Å². The molecule has 0 saturated carbocycles. The second kappa shape index (κ2) is 5.82. The van der Waals surface area contributed by atoms with Crippen molar-refractivity contribution in [3.63, 3.8) is 0 Å². The van der Waals surface area contributed by atoms with Crippen molar-refractivity contribution in [1.29, 1.82) is 0 Å². The lowest BCUT2D eigenvalue weighted by molar-refractivity contribution is 0.215. The summed E-state index contributed by atoms with van der Waals surface area (Å²) >= 11 is 0. The standard InChI is InChI=1S/C12H19N3O/c16-11-3-6-14-7-9-15(10-8-14)12-4-1-2-5-13-12/h1-2,4-5,16H,3,6-11H2. The molecule has 1 fully saturated rings. The van der Waals surface area contributed by atoms with Gasteiger partial charge in [0.1, 0.15) is 5.82 Å². The number of hydrogen-bond acceptors (Lipinski definition) is 4. The molecule has 1 N–H and O–H groups in total. The number of hydrogen-bond donors (Lipinski definition) is 1. The van der Waals surface area contributed by atoms with Crippen molar-refractivity contribution in [2.75, 3.05) is 44.2 Å². The van der Waals surface area contributed by atoms with E-state index in [0.717, 1.165) is 45.0 Å². The predicted octanol–water partition coefficient (Wildman–Crippen LogP) is 0.586. The summed E-state index contributed by atoms with van der Waals surface area (Å²) in [6, 6.07) is 6.03. The van der Waals surface area contributed by atoms with E-state index in [1.54, 1.807) is 0 Å². The molecule has 0 unspecified atom stereocenters. The van der Waals surface area contributed by atoms with Crippen LogP contribution >= 0.6 is 0 Å². The smallest absolute Gasteiger partial charge is 0.128 e. The van der Waals surface area contributed by atoms with Gasteiger partial charge in [-0.3, -0.25) is 4.90 Å². The van der Waals surface area contributed by atoms with Gasteiger partial charge in [0.15, 0.2) is 0 Å². The van der Waals surface area contributed by atoms with Crippen LogP contribution in [0.4, 0.5) is 5.82 Å². The lowest BCUT2D eigenvalue weighted by Crippen LogP contribution is -2.47. The zero-order valence-electron chi connectivity index (χ0n) is 9.55. The largest absolute Gasteiger partial charge is 0.396 e. The maximum atomic E-state index is 8.78.